The highest BCUT2D eigenvalue weighted by Crippen LogP contribution is 2.31. The van der Waals surface area contributed by atoms with Gasteiger partial charge in [-0.1, -0.05) is 12.8 Å². The fourth-order valence-electron chi connectivity index (χ4n) is 3.97. The Hall–Kier alpha value is -1.85. The molecule has 0 aromatic carbocycles. The zero-order valence-corrected chi connectivity index (χ0v) is 15.6. The molecule has 2 aliphatic rings. The number of carbonyl (C=O) groups is 2. The minimum atomic E-state index is -0.128. The van der Waals surface area contributed by atoms with Gasteiger partial charge in [0.25, 0.3) is 5.91 Å². The predicted octanol–water partition coefficient (Wildman–Crippen LogP) is 2.97. The van der Waals surface area contributed by atoms with E-state index in [1.165, 1.54) is 30.6 Å². The lowest BCUT2D eigenvalue weighted by Crippen LogP contribution is -2.38. The molecule has 1 saturated carbocycles. The van der Waals surface area contributed by atoms with Gasteiger partial charge in [-0.25, -0.2) is 4.98 Å². The van der Waals surface area contributed by atoms with Crippen LogP contribution in [0.5, 0.6) is 0 Å². The molecule has 1 aliphatic heterocycles. The minimum Gasteiger partial charge on any atom is -0.445 e. The number of hydrogen-bond acceptors (Lipinski definition) is 4. The summed E-state index contributed by atoms with van der Waals surface area (Å²) in [6, 6.07) is 0. The van der Waals surface area contributed by atoms with Gasteiger partial charge >= 0.3 is 0 Å². The van der Waals surface area contributed by atoms with Crippen LogP contribution in [-0.2, 0) is 4.79 Å². The molecule has 2 fully saturated rings. The van der Waals surface area contributed by atoms with Gasteiger partial charge in [-0.15, -0.1) is 0 Å². The molecule has 1 saturated heterocycles. The van der Waals surface area contributed by atoms with E-state index in [2.05, 4.69) is 4.98 Å². The van der Waals surface area contributed by atoms with E-state index in [9.17, 15) is 9.59 Å². The lowest BCUT2D eigenvalue weighted by Gasteiger charge is -2.31. The van der Waals surface area contributed by atoms with Crippen LogP contribution >= 0.6 is 0 Å². The highest BCUT2D eigenvalue weighted by molar-refractivity contribution is 5.92. The molecular formula is C19H29N3O3. The van der Waals surface area contributed by atoms with Crippen LogP contribution in [0.3, 0.4) is 0 Å². The maximum Gasteiger partial charge on any atom is 0.275 e. The molecule has 0 unspecified atom stereocenters. The summed E-state index contributed by atoms with van der Waals surface area (Å²) in [7, 11) is 3.43. The number of likely N-dealkylation sites (tertiary alicyclic amines) is 1. The Morgan fingerprint density at radius 3 is 2.40 bits per heavy atom. The SMILES string of the molecule is Cc1oc(C2CCN(C(=O)CC3CCCC3)CC2)nc1C(=O)N(C)C. The van der Waals surface area contributed by atoms with Crippen LogP contribution in [0.4, 0.5) is 0 Å². The van der Waals surface area contributed by atoms with Crippen LogP contribution in [0.1, 0.15) is 73.0 Å². The largest absolute Gasteiger partial charge is 0.445 e. The van der Waals surface area contributed by atoms with E-state index in [1.54, 1.807) is 21.0 Å². The number of piperidine rings is 1. The average molecular weight is 347 g/mol. The van der Waals surface area contributed by atoms with Crippen molar-refractivity contribution in [2.75, 3.05) is 27.2 Å². The van der Waals surface area contributed by atoms with Gasteiger partial charge in [-0.2, -0.15) is 0 Å². The maximum atomic E-state index is 12.5. The van der Waals surface area contributed by atoms with Gasteiger partial charge in [0.05, 0.1) is 0 Å². The topological polar surface area (TPSA) is 66.7 Å². The van der Waals surface area contributed by atoms with Gasteiger partial charge in [0, 0.05) is 39.5 Å². The molecule has 138 valence electrons. The van der Waals surface area contributed by atoms with Gasteiger partial charge in [-0.05, 0) is 38.5 Å². The average Bonchev–Trinajstić information content (AvgIpc) is 3.23. The zero-order valence-electron chi connectivity index (χ0n) is 15.6. The van der Waals surface area contributed by atoms with Crippen molar-refractivity contribution < 1.29 is 14.0 Å². The second-order valence-electron chi connectivity index (χ2n) is 7.67. The van der Waals surface area contributed by atoms with Crippen molar-refractivity contribution >= 4 is 11.8 Å². The fourth-order valence-corrected chi connectivity index (χ4v) is 3.97. The number of nitrogens with zero attached hydrogens (tertiary/aromatic N) is 3. The van der Waals surface area contributed by atoms with E-state index in [0.29, 0.717) is 35.6 Å². The first-order valence-electron chi connectivity index (χ1n) is 9.42. The van der Waals surface area contributed by atoms with Crippen molar-refractivity contribution in [2.24, 2.45) is 5.92 Å². The summed E-state index contributed by atoms with van der Waals surface area (Å²) in [5.74, 6) is 2.19. The normalized spacial score (nSPS) is 19.4. The molecule has 1 aliphatic carbocycles. The number of amides is 2. The first-order valence-corrected chi connectivity index (χ1v) is 9.42. The lowest BCUT2D eigenvalue weighted by atomic mass is 9.95. The molecule has 25 heavy (non-hydrogen) atoms. The minimum absolute atomic E-state index is 0.128. The number of aryl methyl sites for hydroxylation is 1. The first kappa shape index (κ1) is 18.0. The molecule has 0 radical (unpaired) electrons. The van der Waals surface area contributed by atoms with E-state index < -0.39 is 0 Å². The molecule has 6 nitrogen and oxygen atoms in total. The standard InChI is InChI=1S/C19H29N3O3/c1-13-17(19(24)21(2)3)20-18(25-13)15-8-10-22(11-9-15)16(23)12-14-6-4-5-7-14/h14-15H,4-12H2,1-3H3. The molecule has 0 bridgehead atoms. The molecule has 2 heterocycles. The summed E-state index contributed by atoms with van der Waals surface area (Å²) < 4.78 is 5.77. The highest BCUT2D eigenvalue weighted by atomic mass is 16.4. The number of oxazole rings is 1. The Bertz CT molecular complexity index is 624. The van der Waals surface area contributed by atoms with Crippen LogP contribution in [-0.4, -0.2) is 53.8 Å². The third kappa shape index (κ3) is 4.05. The van der Waals surface area contributed by atoms with E-state index in [4.69, 9.17) is 4.42 Å². The van der Waals surface area contributed by atoms with Crippen LogP contribution in [0.15, 0.2) is 4.42 Å². The van der Waals surface area contributed by atoms with Crippen molar-refractivity contribution in [2.45, 2.75) is 57.8 Å². The molecule has 2 amide bonds. The summed E-state index contributed by atoms with van der Waals surface area (Å²) in [6.45, 7) is 3.30. The summed E-state index contributed by atoms with van der Waals surface area (Å²) in [6.07, 6.45) is 7.39. The molecule has 1 aromatic heterocycles. The molecule has 0 atom stereocenters. The van der Waals surface area contributed by atoms with Crippen molar-refractivity contribution in [1.29, 1.82) is 0 Å². The van der Waals surface area contributed by atoms with Crippen LogP contribution in [0.25, 0.3) is 0 Å². The van der Waals surface area contributed by atoms with Crippen LogP contribution in [0.2, 0.25) is 0 Å². The summed E-state index contributed by atoms with van der Waals surface area (Å²) in [4.78, 5) is 32.5. The molecule has 0 spiro atoms. The first-order chi connectivity index (χ1) is 12.0. The van der Waals surface area contributed by atoms with Gasteiger partial charge in [0.1, 0.15) is 5.76 Å². The Kier molecular flexibility index (Phi) is 5.45. The fraction of sp³-hybridized carbons (Fsp3) is 0.737. The predicted molar refractivity (Wildman–Crippen MR) is 94.4 cm³/mol. The third-order valence-electron chi connectivity index (χ3n) is 5.56. The molecule has 0 N–H and O–H groups in total. The maximum absolute atomic E-state index is 12.5. The highest BCUT2D eigenvalue weighted by Gasteiger charge is 2.30. The molecule has 1 aromatic rings. The van der Waals surface area contributed by atoms with Crippen LogP contribution in [0, 0.1) is 12.8 Å². The lowest BCUT2D eigenvalue weighted by molar-refractivity contribution is -0.133. The van der Waals surface area contributed by atoms with E-state index in [1.807, 2.05) is 4.90 Å². The van der Waals surface area contributed by atoms with Gasteiger partial charge in [-0.3, -0.25) is 9.59 Å². The van der Waals surface area contributed by atoms with Gasteiger partial charge in [0.15, 0.2) is 11.6 Å². The summed E-state index contributed by atoms with van der Waals surface area (Å²) in [5.41, 5.74) is 0.403. The van der Waals surface area contributed by atoms with E-state index >= 15 is 0 Å². The quantitative estimate of drug-likeness (QED) is 0.840. The Balaban J connectivity index is 1.56. The molecular weight excluding hydrogens is 318 g/mol. The Morgan fingerprint density at radius 1 is 1.16 bits per heavy atom. The zero-order chi connectivity index (χ0) is 18.0. The number of hydrogen-bond donors (Lipinski definition) is 0. The second kappa shape index (κ2) is 7.58. The number of rotatable bonds is 4. The smallest absolute Gasteiger partial charge is 0.275 e. The summed E-state index contributed by atoms with van der Waals surface area (Å²) >= 11 is 0. The number of carbonyl (C=O) groups excluding carboxylic acids is 2. The summed E-state index contributed by atoms with van der Waals surface area (Å²) in [5, 5.41) is 0. The number of aromatic nitrogens is 1. The van der Waals surface area contributed by atoms with Gasteiger partial charge < -0.3 is 14.2 Å². The van der Waals surface area contributed by atoms with Gasteiger partial charge in [0.2, 0.25) is 5.91 Å². The van der Waals surface area contributed by atoms with Crippen molar-refractivity contribution in [3.8, 4) is 0 Å². The third-order valence-corrected chi connectivity index (χ3v) is 5.56. The Morgan fingerprint density at radius 2 is 1.80 bits per heavy atom. The van der Waals surface area contributed by atoms with Crippen molar-refractivity contribution in [1.82, 2.24) is 14.8 Å². The van der Waals surface area contributed by atoms with Crippen LogP contribution < -0.4 is 0 Å². The Labute approximate surface area is 149 Å². The van der Waals surface area contributed by atoms with Crippen molar-refractivity contribution in [3.63, 3.8) is 0 Å². The molecule has 6 heteroatoms. The second-order valence-corrected chi connectivity index (χ2v) is 7.67. The van der Waals surface area contributed by atoms with E-state index in [0.717, 1.165) is 25.9 Å². The monoisotopic (exact) mass is 347 g/mol. The van der Waals surface area contributed by atoms with E-state index in [-0.39, 0.29) is 11.8 Å². The molecule has 3 rings (SSSR count). The van der Waals surface area contributed by atoms with Crippen molar-refractivity contribution in [3.05, 3.63) is 17.3 Å².